The highest BCUT2D eigenvalue weighted by Gasteiger charge is 2.08. The normalized spacial score (nSPS) is 10.6. The molecule has 0 unspecified atom stereocenters. The minimum Gasteiger partial charge on any atom is -0.493 e. The highest BCUT2D eigenvalue weighted by Crippen LogP contribution is 2.28. The number of nitrogens with one attached hydrogen (secondary N) is 1. The van der Waals surface area contributed by atoms with Crippen molar-refractivity contribution in [1.29, 1.82) is 0 Å². The molecule has 0 radical (unpaired) electrons. The number of rotatable bonds is 8. The number of carbonyl (C=O) groups is 2. The molecule has 1 amide bonds. The van der Waals surface area contributed by atoms with E-state index in [4.69, 9.17) is 26.2 Å². The zero-order chi connectivity index (χ0) is 22.2. The van der Waals surface area contributed by atoms with Gasteiger partial charge >= 0.3 is 5.97 Å². The van der Waals surface area contributed by atoms with E-state index < -0.39 is 5.97 Å². The smallest absolute Gasteiger partial charge is 0.335 e. The third-order valence-electron chi connectivity index (χ3n) is 4.25. The zero-order valence-corrected chi connectivity index (χ0v) is 17.3. The molecule has 7 nitrogen and oxygen atoms in total. The van der Waals surface area contributed by atoms with Crippen LogP contribution in [0.5, 0.6) is 11.5 Å². The van der Waals surface area contributed by atoms with Crippen LogP contribution in [0, 0.1) is 0 Å². The summed E-state index contributed by atoms with van der Waals surface area (Å²) in [6, 6.07) is 18.2. The van der Waals surface area contributed by atoms with Crippen molar-refractivity contribution in [2.45, 2.75) is 6.61 Å². The Labute approximate surface area is 183 Å². The predicted molar refractivity (Wildman–Crippen MR) is 117 cm³/mol. The van der Waals surface area contributed by atoms with Crippen LogP contribution in [0.4, 0.5) is 0 Å². The fraction of sp³-hybridized carbons (Fsp3) is 0.0870. The van der Waals surface area contributed by atoms with Crippen molar-refractivity contribution in [3.63, 3.8) is 0 Å². The van der Waals surface area contributed by atoms with Gasteiger partial charge in [0.25, 0.3) is 5.91 Å². The number of nitrogens with zero attached hydrogens (tertiary/aromatic N) is 1. The number of hydrogen-bond donors (Lipinski definition) is 2. The van der Waals surface area contributed by atoms with E-state index in [2.05, 4.69) is 10.5 Å². The van der Waals surface area contributed by atoms with E-state index in [1.165, 1.54) is 25.5 Å². The predicted octanol–water partition coefficient (Wildman–Crippen LogP) is 4.39. The molecule has 0 spiro atoms. The number of hydrogen-bond acceptors (Lipinski definition) is 5. The molecule has 0 saturated carbocycles. The van der Waals surface area contributed by atoms with Crippen molar-refractivity contribution in [1.82, 2.24) is 5.43 Å². The number of carboxylic acid groups (broad SMARTS) is 1. The van der Waals surface area contributed by atoms with Gasteiger partial charge in [0.05, 0.1) is 18.9 Å². The van der Waals surface area contributed by atoms with Crippen LogP contribution in [0.1, 0.15) is 31.8 Å². The summed E-state index contributed by atoms with van der Waals surface area (Å²) in [7, 11) is 1.52. The summed E-state index contributed by atoms with van der Waals surface area (Å²) in [4.78, 5) is 23.0. The van der Waals surface area contributed by atoms with Crippen LogP contribution in [-0.2, 0) is 6.61 Å². The molecule has 3 aromatic rings. The molecule has 0 heterocycles. The quantitative estimate of drug-likeness (QED) is 0.401. The maximum Gasteiger partial charge on any atom is 0.335 e. The van der Waals surface area contributed by atoms with Crippen molar-refractivity contribution in [3.05, 3.63) is 94.0 Å². The first-order valence-corrected chi connectivity index (χ1v) is 9.56. The monoisotopic (exact) mass is 438 g/mol. The van der Waals surface area contributed by atoms with Gasteiger partial charge in [0.2, 0.25) is 0 Å². The number of benzene rings is 3. The second-order valence-corrected chi connectivity index (χ2v) is 6.85. The van der Waals surface area contributed by atoms with E-state index in [1.807, 2.05) is 0 Å². The average molecular weight is 439 g/mol. The molecule has 0 fully saturated rings. The van der Waals surface area contributed by atoms with Gasteiger partial charge in [-0.1, -0.05) is 29.8 Å². The highest BCUT2D eigenvalue weighted by molar-refractivity contribution is 6.30. The summed E-state index contributed by atoms with van der Waals surface area (Å²) in [6.07, 6.45) is 1.49. The fourth-order valence-corrected chi connectivity index (χ4v) is 2.84. The maximum atomic E-state index is 12.1. The van der Waals surface area contributed by atoms with Crippen molar-refractivity contribution in [2.75, 3.05) is 7.11 Å². The second kappa shape index (κ2) is 10.3. The summed E-state index contributed by atoms with van der Waals surface area (Å²) in [6.45, 7) is 0.249. The van der Waals surface area contributed by atoms with Gasteiger partial charge in [-0.3, -0.25) is 4.79 Å². The molecule has 0 bridgehead atoms. The van der Waals surface area contributed by atoms with Gasteiger partial charge in [0.15, 0.2) is 11.5 Å². The standard InChI is InChI=1S/C23H19ClN2O5/c1-30-21-11-16(13-25-26-22(27)18-3-2-4-19(24)12-18)7-10-20(21)31-14-15-5-8-17(9-6-15)23(28)29/h2-13H,14H2,1H3,(H,26,27)(H,28,29)/b25-13-. The van der Waals surface area contributed by atoms with E-state index in [1.54, 1.807) is 54.6 Å². The number of halogens is 1. The lowest BCUT2D eigenvalue weighted by molar-refractivity contribution is 0.0696. The molecular formula is C23H19ClN2O5. The van der Waals surface area contributed by atoms with E-state index in [0.29, 0.717) is 27.6 Å². The molecule has 0 atom stereocenters. The first-order valence-electron chi connectivity index (χ1n) is 9.18. The van der Waals surface area contributed by atoms with Crippen molar-refractivity contribution in [2.24, 2.45) is 5.10 Å². The average Bonchev–Trinajstić information content (AvgIpc) is 2.78. The Morgan fingerprint density at radius 3 is 2.48 bits per heavy atom. The molecule has 0 aliphatic heterocycles. The van der Waals surface area contributed by atoms with E-state index in [0.717, 1.165) is 5.56 Å². The van der Waals surface area contributed by atoms with Crippen molar-refractivity contribution < 1.29 is 24.2 Å². The minimum atomic E-state index is -0.977. The molecular weight excluding hydrogens is 420 g/mol. The summed E-state index contributed by atoms with van der Waals surface area (Å²) < 4.78 is 11.2. The Morgan fingerprint density at radius 2 is 1.81 bits per heavy atom. The Hall–Kier alpha value is -3.84. The third kappa shape index (κ3) is 6.07. The SMILES string of the molecule is COc1cc(/C=N\NC(=O)c2cccc(Cl)c2)ccc1OCc1ccc(C(=O)O)cc1. The molecule has 0 aromatic heterocycles. The van der Waals surface area contributed by atoms with Gasteiger partial charge in [-0.05, 0) is 59.7 Å². The van der Waals surface area contributed by atoms with Gasteiger partial charge in [-0.25, -0.2) is 10.2 Å². The van der Waals surface area contributed by atoms with Gasteiger partial charge < -0.3 is 14.6 Å². The number of hydrazone groups is 1. The van der Waals surface area contributed by atoms with Gasteiger partial charge in [0, 0.05) is 10.6 Å². The molecule has 2 N–H and O–H groups in total. The van der Waals surface area contributed by atoms with Crippen LogP contribution in [0.15, 0.2) is 71.8 Å². The number of carbonyl (C=O) groups excluding carboxylic acids is 1. The Balaban J connectivity index is 1.61. The molecule has 158 valence electrons. The zero-order valence-electron chi connectivity index (χ0n) is 16.5. The summed E-state index contributed by atoms with van der Waals surface area (Å²) in [5, 5.41) is 13.4. The summed E-state index contributed by atoms with van der Waals surface area (Å²) in [5.41, 5.74) is 4.58. The molecule has 8 heteroatoms. The minimum absolute atomic E-state index is 0.215. The Kier molecular flexibility index (Phi) is 7.24. The number of aromatic carboxylic acids is 1. The van der Waals surface area contributed by atoms with Gasteiger partial charge in [-0.15, -0.1) is 0 Å². The number of amides is 1. The largest absolute Gasteiger partial charge is 0.493 e. The highest BCUT2D eigenvalue weighted by atomic mass is 35.5. The van der Waals surface area contributed by atoms with E-state index in [-0.39, 0.29) is 18.1 Å². The molecule has 0 aliphatic rings. The third-order valence-corrected chi connectivity index (χ3v) is 4.48. The maximum absolute atomic E-state index is 12.1. The Morgan fingerprint density at radius 1 is 1.03 bits per heavy atom. The lowest BCUT2D eigenvalue weighted by Gasteiger charge is -2.11. The molecule has 3 rings (SSSR count). The van der Waals surface area contributed by atoms with Crippen molar-refractivity contribution in [3.8, 4) is 11.5 Å². The molecule has 0 aliphatic carbocycles. The van der Waals surface area contributed by atoms with Gasteiger partial charge in [0.1, 0.15) is 6.61 Å². The van der Waals surface area contributed by atoms with Crippen molar-refractivity contribution >= 4 is 29.7 Å². The summed E-state index contributed by atoms with van der Waals surface area (Å²) >= 11 is 5.88. The van der Waals surface area contributed by atoms with Crippen LogP contribution < -0.4 is 14.9 Å². The fourth-order valence-electron chi connectivity index (χ4n) is 2.65. The lowest BCUT2D eigenvalue weighted by atomic mass is 10.1. The molecule has 3 aromatic carbocycles. The topological polar surface area (TPSA) is 97.2 Å². The van der Waals surface area contributed by atoms with Crippen LogP contribution in [-0.4, -0.2) is 30.3 Å². The van der Waals surface area contributed by atoms with Gasteiger partial charge in [-0.2, -0.15) is 5.10 Å². The van der Waals surface area contributed by atoms with E-state index in [9.17, 15) is 9.59 Å². The Bertz CT molecular complexity index is 1110. The molecule has 0 saturated heterocycles. The van der Waals surface area contributed by atoms with Crippen LogP contribution in [0.2, 0.25) is 5.02 Å². The lowest BCUT2D eigenvalue weighted by Crippen LogP contribution is -2.17. The first kappa shape index (κ1) is 21.9. The first-order chi connectivity index (χ1) is 15.0. The van der Waals surface area contributed by atoms with Crippen LogP contribution in [0.25, 0.3) is 0 Å². The number of carboxylic acids is 1. The number of methoxy groups -OCH3 is 1. The second-order valence-electron chi connectivity index (χ2n) is 6.41. The number of ether oxygens (including phenoxy) is 2. The molecule has 31 heavy (non-hydrogen) atoms. The van der Waals surface area contributed by atoms with Crippen LogP contribution >= 0.6 is 11.6 Å². The van der Waals surface area contributed by atoms with E-state index >= 15 is 0 Å². The van der Waals surface area contributed by atoms with Crippen LogP contribution in [0.3, 0.4) is 0 Å². The summed E-state index contributed by atoms with van der Waals surface area (Å²) in [5.74, 6) is -0.341.